The number of hydrogen-bond donors (Lipinski definition) is 0. The smallest absolute Gasteiger partial charge is 0.228 e. The van der Waals surface area contributed by atoms with Crippen LogP contribution in [0.2, 0.25) is 0 Å². The molecule has 5 nitrogen and oxygen atoms in total. The predicted molar refractivity (Wildman–Crippen MR) is 74.4 cm³/mol. The fourth-order valence-corrected chi connectivity index (χ4v) is 1.67. The molecule has 0 amide bonds. The van der Waals surface area contributed by atoms with E-state index < -0.39 is 0 Å². The molecule has 5 heteroatoms. The zero-order valence-corrected chi connectivity index (χ0v) is 11.3. The summed E-state index contributed by atoms with van der Waals surface area (Å²) in [6.45, 7) is 3.35. The molecule has 0 aromatic carbocycles. The van der Waals surface area contributed by atoms with Gasteiger partial charge in [-0.2, -0.15) is 4.98 Å². The minimum atomic E-state index is 0.605. The van der Waals surface area contributed by atoms with Crippen molar-refractivity contribution in [2.45, 2.75) is 13.3 Å². The number of nitrogens with zero attached hydrogens (tertiary/aromatic N) is 4. The van der Waals surface area contributed by atoms with Crippen LogP contribution in [-0.2, 0) is 6.42 Å². The third kappa shape index (κ3) is 3.91. The predicted octanol–water partition coefficient (Wildman–Crippen LogP) is 1.95. The van der Waals surface area contributed by atoms with Crippen LogP contribution < -0.4 is 9.64 Å². The highest BCUT2D eigenvalue weighted by atomic mass is 16.5. The lowest BCUT2D eigenvalue weighted by molar-refractivity contribution is 0.326. The molecule has 0 saturated carbocycles. The van der Waals surface area contributed by atoms with Crippen LogP contribution in [0.4, 0.5) is 5.95 Å². The van der Waals surface area contributed by atoms with E-state index in [2.05, 4.69) is 15.0 Å². The zero-order valence-electron chi connectivity index (χ0n) is 11.3. The van der Waals surface area contributed by atoms with E-state index in [1.807, 2.05) is 43.3 Å². The van der Waals surface area contributed by atoms with Crippen molar-refractivity contribution in [2.75, 3.05) is 25.1 Å². The van der Waals surface area contributed by atoms with Gasteiger partial charge >= 0.3 is 0 Å². The Morgan fingerprint density at radius 3 is 2.79 bits per heavy atom. The maximum absolute atomic E-state index is 5.37. The lowest BCUT2D eigenvalue weighted by atomic mass is 10.2. The van der Waals surface area contributed by atoms with Crippen molar-refractivity contribution in [3.8, 4) is 5.88 Å². The molecule has 0 fully saturated rings. The summed E-state index contributed by atoms with van der Waals surface area (Å²) in [6.07, 6.45) is 4.38. The summed E-state index contributed by atoms with van der Waals surface area (Å²) in [5.41, 5.74) is 1.07. The second-order valence-electron chi connectivity index (χ2n) is 4.12. The fourth-order valence-electron chi connectivity index (χ4n) is 1.67. The van der Waals surface area contributed by atoms with E-state index in [-0.39, 0.29) is 0 Å². The highest BCUT2D eigenvalue weighted by Crippen LogP contribution is 2.11. The molecule has 0 aliphatic carbocycles. The molecule has 0 N–H and O–H groups in total. The molecule has 0 saturated heterocycles. The first-order valence-electron chi connectivity index (χ1n) is 6.36. The van der Waals surface area contributed by atoms with Crippen LogP contribution in [0.5, 0.6) is 5.88 Å². The standard InChI is InChI=1S/C14H18N4O/c1-3-19-13-7-10-16-14(17-13)18(2)11-8-12-6-4-5-9-15-12/h4-7,9-10H,3,8,11H2,1-2H3. The van der Waals surface area contributed by atoms with Gasteiger partial charge in [-0.05, 0) is 19.1 Å². The fraction of sp³-hybridized carbons (Fsp3) is 0.357. The largest absolute Gasteiger partial charge is 0.478 e. The van der Waals surface area contributed by atoms with Crippen molar-refractivity contribution in [3.63, 3.8) is 0 Å². The normalized spacial score (nSPS) is 10.2. The van der Waals surface area contributed by atoms with Gasteiger partial charge in [-0.1, -0.05) is 6.07 Å². The lowest BCUT2D eigenvalue weighted by Gasteiger charge is -2.17. The number of ether oxygens (including phenoxy) is 1. The molecule has 0 spiro atoms. The number of hydrogen-bond acceptors (Lipinski definition) is 5. The first-order chi connectivity index (χ1) is 9.29. The van der Waals surface area contributed by atoms with Crippen molar-refractivity contribution < 1.29 is 4.74 Å². The highest BCUT2D eigenvalue weighted by molar-refractivity contribution is 5.30. The summed E-state index contributed by atoms with van der Waals surface area (Å²) in [4.78, 5) is 14.9. The Morgan fingerprint density at radius 2 is 2.05 bits per heavy atom. The zero-order chi connectivity index (χ0) is 13.5. The summed E-state index contributed by atoms with van der Waals surface area (Å²) in [7, 11) is 1.97. The van der Waals surface area contributed by atoms with Gasteiger partial charge in [-0.15, -0.1) is 0 Å². The van der Waals surface area contributed by atoms with E-state index in [4.69, 9.17) is 4.74 Å². The van der Waals surface area contributed by atoms with Crippen LogP contribution in [0.25, 0.3) is 0 Å². The number of aromatic nitrogens is 3. The second-order valence-corrected chi connectivity index (χ2v) is 4.12. The summed E-state index contributed by atoms with van der Waals surface area (Å²) < 4.78 is 5.37. The maximum Gasteiger partial charge on any atom is 0.228 e. The third-order valence-corrected chi connectivity index (χ3v) is 2.68. The Kier molecular flexibility index (Phi) is 4.66. The number of pyridine rings is 1. The van der Waals surface area contributed by atoms with Crippen molar-refractivity contribution in [2.24, 2.45) is 0 Å². The molecule has 0 atom stereocenters. The molecule has 100 valence electrons. The summed E-state index contributed by atoms with van der Waals surface area (Å²) >= 11 is 0. The Bertz CT molecular complexity index is 504. The van der Waals surface area contributed by atoms with Crippen LogP contribution >= 0.6 is 0 Å². The van der Waals surface area contributed by atoms with Gasteiger partial charge in [0.2, 0.25) is 11.8 Å². The van der Waals surface area contributed by atoms with Gasteiger partial charge in [0.05, 0.1) is 6.61 Å². The van der Waals surface area contributed by atoms with Gasteiger partial charge in [-0.25, -0.2) is 4.98 Å². The Hall–Kier alpha value is -2.17. The van der Waals surface area contributed by atoms with E-state index in [0.29, 0.717) is 18.4 Å². The average molecular weight is 258 g/mol. The van der Waals surface area contributed by atoms with Crippen molar-refractivity contribution in [3.05, 3.63) is 42.4 Å². The molecule has 2 aromatic heterocycles. The molecular formula is C14H18N4O. The number of likely N-dealkylation sites (N-methyl/N-ethyl adjacent to an activating group) is 1. The summed E-state index contributed by atoms with van der Waals surface area (Å²) in [6, 6.07) is 7.70. The summed E-state index contributed by atoms with van der Waals surface area (Å²) in [5, 5.41) is 0. The monoisotopic (exact) mass is 258 g/mol. The molecule has 0 radical (unpaired) electrons. The second kappa shape index (κ2) is 6.68. The Balaban J connectivity index is 1.95. The third-order valence-electron chi connectivity index (χ3n) is 2.68. The van der Waals surface area contributed by atoms with Gasteiger partial charge in [0.15, 0.2) is 0 Å². The minimum Gasteiger partial charge on any atom is -0.478 e. The van der Waals surface area contributed by atoms with Crippen molar-refractivity contribution in [1.82, 2.24) is 15.0 Å². The molecule has 19 heavy (non-hydrogen) atoms. The molecule has 0 aliphatic heterocycles. The molecule has 0 bridgehead atoms. The van der Waals surface area contributed by atoms with Gasteiger partial charge in [0.1, 0.15) is 0 Å². The van der Waals surface area contributed by atoms with Crippen LogP contribution in [0.1, 0.15) is 12.6 Å². The van der Waals surface area contributed by atoms with Gasteiger partial charge in [0.25, 0.3) is 0 Å². The molecular weight excluding hydrogens is 240 g/mol. The first kappa shape index (κ1) is 13.3. The lowest BCUT2D eigenvalue weighted by Crippen LogP contribution is -2.23. The maximum atomic E-state index is 5.37. The molecule has 0 unspecified atom stereocenters. The minimum absolute atomic E-state index is 0.605. The highest BCUT2D eigenvalue weighted by Gasteiger charge is 2.06. The molecule has 0 aliphatic rings. The number of anilines is 1. The van der Waals surface area contributed by atoms with E-state index in [0.717, 1.165) is 18.7 Å². The van der Waals surface area contributed by atoms with Gasteiger partial charge < -0.3 is 9.64 Å². The Morgan fingerprint density at radius 1 is 1.16 bits per heavy atom. The van der Waals surface area contributed by atoms with Crippen LogP contribution in [-0.4, -0.2) is 35.2 Å². The number of rotatable bonds is 6. The summed E-state index contributed by atoms with van der Waals surface area (Å²) in [5.74, 6) is 1.28. The average Bonchev–Trinajstić information content (AvgIpc) is 2.46. The quantitative estimate of drug-likeness (QED) is 0.792. The van der Waals surface area contributed by atoms with Gasteiger partial charge in [-0.3, -0.25) is 4.98 Å². The van der Waals surface area contributed by atoms with Gasteiger partial charge in [0, 0.05) is 44.2 Å². The first-order valence-corrected chi connectivity index (χ1v) is 6.36. The van der Waals surface area contributed by atoms with Crippen molar-refractivity contribution in [1.29, 1.82) is 0 Å². The van der Waals surface area contributed by atoms with Crippen molar-refractivity contribution >= 4 is 5.95 Å². The molecule has 2 heterocycles. The molecule has 2 aromatic rings. The van der Waals surface area contributed by atoms with E-state index in [9.17, 15) is 0 Å². The van der Waals surface area contributed by atoms with Crippen LogP contribution in [0.15, 0.2) is 36.7 Å². The van der Waals surface area contributed by atoms with Crippen LogP contribution in [0, 0.1) is 0 Å². The van der Waals surface area contributed by atoms with Crippen LogP contribution in [0.3, 0.4) is 0 Å². The van der Waals surface area contributed by atoms with E-state index in [1.165, 1.54) is 0 Å². The van der Waals surface area contributed by atoms with E-state index >= 15 is 0 Å². The SMILES string of the molecule is CCOc1ccnc(N(C)CCc2ccccn2)n1. The van der Waals surface area contributed by atoms with E-state index in [1.54, 1.807) is 12.3 Å². The topological polar surface area (TPSA) is 51.1 Å². The molecule has 2 rings (SSSR count). The Labute approximate surface area is 113 Å².